The number of aromatic hydroxyl groups is 1. The second-order valence-electron chi connectivity index (χ2n) is 9.72. The molecule has 0 aromatic heterocycles. The summed E-state index contributed by atoms with van der Waals surface area (Å²) in [5.41, 5.74) is 1.59. The molecule has 3 N–H and O–H groups in total. The second kappa shape index (κ2) is 12.5. The summed E-state index contributed by atoms with van der Waals surface area (Å²) >= 11 is 13.0. The van der Waals surface area contributed by atoms with Crippen LogP contribution in [0.3, 0.4) is 0 Å². The highest BCUT2D eigenvalue weighted by Gasteiger charge is 2.29. The van der Waals surface area contributed by atoms with Gasteiger partial charge in [-0.25, -0.2) is 17.6 Å². The summed E-state index contributed by atoms with van der Waals surface area (Å²) in [5, 5.41) is 22.0. The van der Waals surface area contributed by atoms with E-state index in [0.29, 0.717) is 16.7 Å². The van der Waals surface area contributed by atoms with Crippen LogP contribution in [0.5, 0.6) is 5.75 Å². The minimum absolute atomic E-state index is 0.0198. The Balaban J connectivity index is 1.51. The van der Waals surface area contributed by atoms with Crippen LogP contribution in [0.25, 0.3) is 6.08 Å². The van der Waals surface area contributed by atoms with Crippen LogP contribution in [0.4, 0.5) is 4.39 Å². The van der Waals surface area contributed by atoms with E-state index in [0.717, 1.165) is 18.4 Å². The zero-order valence-electron chi connectivity index (χ0n) is 22.1. The molecule has 1 aliphatic heterocycles. The number of carbonyl (C=O) groups is 3. The highest BCUT2D eigenvalue weighted by Crippen LogP contribution is 2.35. The van der Waals surface area contributed by atoms with Gasteiger partial charge in [-0.15, -0.1) is 0 Å². The van der Waals surface area contributed by atoms with Crippen LogP contribution in [0.1, 0.15) is 32.6 Å². The number of aliphatic carboxylic acids is 1. The van der Waals surface area contributed by atoms with Crippen molar-refractivity contribution in [3.63, 3.8) is 0 Å². The lowest BCUT2D eigenvalue weighted by Crippen LogP contribution is -2.42. The fourth-order valence-corrected chi connectivity index (χ4v) is 6.00. The Hall–Kier alpha value is -3.93. The van der Waals surface area contributed by atoms with Gasteiger partial charge in [0.15, 0.2) is 9.84 Å². The largest absolute Gasteiger partial charge is 0.507 e. The molecule has 2 amide bonds. The smallest absolute Gasteiger partial charge is 0.326 e. The van der Waals surface area contributed by atoms with Crippen molar-refractivity contribution in [1.29, 1.82) is 0 Å². The monoisotopic (exact) mass is 634 g/mol. The number of rotatable bonds is 8. The van der Waals surface area contributed by atoms with Crippen molar-refractivity contribution >= 4 is 56.9 Å². The molecule has 42 heavy (non-hydrogen) atoms. The number of carbonyl (C=O) groups excluding carboxylic acids is 2. The molecule has 4 rings (SSSR count). The zero-order valence-corrected chi connectivity index (χ0v) is 24.4. The average molecular weight is 635 g/mol. The Labute approximate surface area is 251 Å². The van der Waals surface area contributed by atoms with Crippen LogP contribution in [0.15, 0.2) is 59.5 Å². The molecule has 0 fully saturated rings. The number of hydrogen-bond acceptors (Lipinski definition) is 6. The molecule has 0 saturated heterocycles. The summed E-state index contributed by atoms with van der Waals surface area (Å²) in [7, 11) is -3.52. The number of benzene rings is 3. The van der Waals surface area contributed by atoms with Gasteiger partial charge in [0.05, 0.1) is 20.5 Å². The van der Waals surface area contributed by atoms with Crippen LogP contribution in [0.2, 0.25) is 10.0 Å². The van der Waals surface area contributed by atoms with E-state index >= 15 is 0 Å². The van der Waals surface area contributed by atoms with Gasteiger partial charge in [0, 0.05) is 37.4 Å². The molecular weight excluding hydrogens is 610 g/mol. The molecule has 9 nitrogen and oxygen atoms in total. The molecule has 0 bridgehead atoms. The lowest BCUT2D eigenvalue weighted by atomic mass is 9.96. The van der Waals surface area contributed by atoms with E-state index in [1.54, 1.807) is 6.07 Å². The normalized spacial score (nSPS) is 14.0. The first kappa shape index (κ1) is 31.0. The maximum Gasteiger partial charge on any atom is 0.326 e. The van der Waals surface area contributed by atoms with Gasteiger partial charge in [-0.2, -0.15) is 0 Å². The fourth-order valence-electron chi connectivity index (χ4n) is 4.54. The van der Waals surface area contributed by atoms with E-state index < -0.39 is 39.5 Å². The zero-order chi connectivity index (χ0) is 30.8. The van der Waals surface area contributed by atoms with Crippen molar-refractivity contribution in [2.45, 2.75) is 30.3 Å². The van der Waals surface area contributed by atoms with E-state index in [2.05, 4.69) is 5.32 Å². The number of nitrogens with zero attached hydrogens (tertiary/aromatic N) is 1. The molecule has 0 aliphatic carbocycles. The molecule has 220 valence electrons. The molecule has 1 heterocycles. The molecule has 0 unspecified atom stereocenters. The van der Waals surface area contributed by atoms with E-state index in [9.17, 15) is 37.4 Å². The standard InChI is InChI=1S/C29H25Cl2FN2O7S/c1-42(40,41)20-4-2-3-16(11-20)12-23(29(38)39)33-28(37)26-22(30)14-18-15-34(10-9-21(18)27(26)31)25(36)8-5-17-13-19(32)6-7-24(17)35/h2-8,11,13-14,23,35H,9-10,12,15H2,1H3,(H,33,37)(H,38,39)/b8-5+/t23-/m0/s1. The average Bonchev–Trinajstić information content (AvgIpc) is 2.92. The van der Waals surface area contributed by atoms with Gasteiger partial charge >= 0.3 is 5.97 Å². The molecule has 3 aromatic rings. The number of sulfone groups is 1. The first-order valence-electron chi connectivity index (χ1n) is 12.5. The van der Waals surface area contributed by atoms with Crippen LogP contribution in [0, 0.1) is 5.82 Å². The highest BCUT2D eigenvalue weighted by atomic mass is 35.5. The number of halogens is 3. The Morgan fingerprint density at radius 1 is 1.14 bits per heavy atom. The van der Waals surface area contributed by atoms with Crippen LogP contribution < -0.4 is 5.32 Å². The van der Waals surface area contributed by atoms with Crippen LogP contribution >= 0.6 is 23.2 Å². The minimum Gasteiger partial charge on any atom is -0.507 e. The van der Waals surface area contributed by atoms with Gasteiger partial charge in [-0.3, -0.25) is 9.59 Å². The number of fused-ring (bicyclic) bond motifs is 1. The van der Waals surface area contributed by atoms with Gasteiger partial charge < -0.3 is 20.4 Å². The molecule has 13 heteroatoms. The summed E-state index contributed by atoms with van der Waals surface area (Å²) in [5.74, 6) is -3.31. The predicted molar refractivity (Wildman–Crippen MR) is 155 cm³/mol. The number of carboxylic acids is 1. The number of hydrogen-bond donors (Lipinski definition) is 3. The number of phenols is 1. The Morgan fingerprint density at radius 3 is 2.57 bits per heavy atom. The summed E-state index contributed by atoms with van der Waals surface area (Å²) in [6, 6.07) is 9.23. The molecule has 0 radical (unpaired) electrons. The lowest BCUT2D eigenvalue weighted by Gasteiger charge is -2.29. The topological polar surface area (TPSA) is 141 Å². The van der Waals surface area contributed by atoms with Gasteiger partial charge in [0.1, 0.15) is 17.6 Å². The molecule has 1 atom stereocenters. The second-order valence-corrected chi connectivity index (χ2v) is 12.5. The fraction of sp³-hybridized carbons (Fsp3) is 0.207. The number of carboxylic acid groups (broad SMARTS) is 1. The minimum atomic E-state index is -3.52. The van der Waals surface area contributed by atoms with E-state index in [-0.39, 0.29) is 57.7 Å². The maximum atomic E-state index is 13.5. The molecule has 1 aliphatic rings. The van der Waals surface area contributed by atoms with Crippen molar-refractivity contribution in [2.24, 2.45) is 0 Å². The Morgan fingerprint density at radius 2 is 1.88 bits per heavy atom. The maximum absolute atomic E-state index is 13.5. The van der Waals surface area contributed by atoms with Crippen molar-refractivity contribution in [2.75, 3.05) is 12.8 Å². The number of nitrogens with one attached hydrogen (secondary N) is 1. The van der Waals surface area contributed by atoms with Gasteiger partial charge in [-0.05, 0) is 65.6 Å². The number of phenolic OH excluding ortho intramolecular Hbond substituents is 1. The summed E-state index contributed by atoms with van der Waals surface area (Å²) in [6.45, 7) is 0.353. The predicted octanol–water partition coefficient (Wildman–Crippen LogP) is 4.27. The van der Waals surface area contributed by atoms with Crippen molar-refractivity contribution in [3.05, 3.63) is 98.3 Å². The SMILES string of the molecule is CS(=O)(=O)c1cccc(C[C@H](NC(=O)c2c(Cl)cc3c(c2Cl)CCN(C(=O)/C=C/c2cc(F)ccc2O)C3)C(=O)O)c1. The molecule has 3 aromatic carbocycles. The summed E-state index contributed by atoms with van der Waals surface area (Å²) < 4.78 is 37.2. The first-order chi connectivity index (χ1) is 19.7. The third-order valence-corrected chi connectivity index (χ3v) is 8.53. The number of amides is 2. The molecule has 0 spiro atoms. The van der Waals surface area contributed by atoms with E-state index in [4.69, 9.17) is 23.2 Å². The highest BCUT2D eigenvalue weighted by molar-refractivity contribution is 7.90. The van der Waals surface area contributed by atoms with Gasteiger partial charge in [-0.1, -0.05) is 35.3 Å². The third kappa shape index (κ3) is 7.10. The van der Waals surface area contributed by atoms with Gasteiger partial charge in [0.2, 0.25) is 5.91 Å². The van der Waals surface area contributed by atoms with Crippen molar-refractivity contribution in [1.82, 2.24) is 10.2 Å². The molecule has 0 saturated carbocycles. The van der Waals surface area contributed by atoms with Crippen molar-refractivity contribution < 1.29 is 37.4 Å². The third-order valence-electron chi connectivity index (χ3n) is 6.71. The van der Waals surface area contributed by atoms with E-state index in [1.165, 1.54) is 47.4 Å². The quantitative estimate of drug-likeness (QED) is 0.314. The first-order valence-corrected chi connectivity index (χ1v) is 15.2. The van der Waals surface area contributed by atoms with Crippen molar-refractivity contribution in [3.8, 4) is 5.75 Å². The van der Waals surface area contributed by atoms with Crippen LogP contribution in [-0.4, -0.2) is 60.2 Å². The molecular formula is C29H25Cl2FN2O7S. The van der Waals surface area contributed by atoms with E-state index in [1.807, 2.05) is 0 Å². The summed E-state index contributed by atoms with van der Waals surface area (Å²) in [6.07, 6.45) is 3.63. The van der Waals surface area contributed by atoms with Gasteiger partial charge in [0.25, 0.3) is 5.91 Å². The Kier molecular flexibility index (Phi) is 9.24. The summed E-state index contributed by atoms with van der Waals surface area (Å²) in [4.78, 5) is 39.4. The Bertz CT molecular complexity index is 1730. The van der Waals surface area contributed by atoms with Crippen LogP contribution in [-0.2, 0) is 38.8 Å². The lowest BCUT2D eigenvalue weighted by molar-refractivity contribution is -0.139.